The van der Waals surface area contributed by atoms with Crippen molar-refractivity contribution in [2.24, 2.45) is 0 Å². The zero-order valence-corrected chi connectivity index (χ0v) is 21.0. The summed E-state index contributed by atoms with van der Waals surface area (Å²) in [6, 6.07) is 25.5. The highest BCUT2D eigenvalue weighted by atomic mass is 35.5. The van der Waals surface area contributed by atoms with Gasteiger partial charge in [0.05, 0.1) is 5.02 Å². The minimum Gasteiger partial charge on any atom is -0.490 e. The number of aromatic nitrogens is 2. The molecule has 1 amide bonds. The number of nitrogens with one attached hydrogen (secondary N) is 1. The Labute approximate surface area is 222 Å². The Bertz CT molecular complexity index is 1400. The molecule has 0 bridgehead atoms. The molecule has 37 heavy (non-hydrogen) atoms. The molecule has 0 aliphatic heterocycles. The Balaban J connectivity index is 1.26. The van der Waals surface area contributed by atoms with Crippen molar-refractivity contribution >= 4 is 40.1 Å². The van der Waals surface area contributed by atoms with E-state index in [1.807, 2.05) is 48.5 Å². The molecule has 0 atom stereocenters. The lowest BCUT2D eigenvalue weighted by molar-refractivity contribution is -0.112. The second-order valence-electron chi connectivity index (χ2n) is 7.42. The molecule has 4 aromatic rings. The SMILES string of the molecule is N#C/C(=C/c1ccc(OCCOc2ccccc2Cl)cc1)C(=O)Nc1nnc(COc2ccccc2)s1. The summed E-state index contributed by atoms with van der Waals surface area (Å²) in [6.07, 6.45) is 1.49. The average Bonchev–Trinajstić information content (AvgIpc) is 3.38. The number of amides is 1. The number of hydrogen-bond donors (Lipinski definition) is 1. The Morgan fingerprint density at radius 1 is 0.919 bits per heavy atom. The standard InChI is InChI=1S/C27H21ClN4O4S/c28-23-8-4-5-9-24(23)35-15-14-34-22-12-10-19(11-13-22)16-20(17-29)26(33)30-27-32-31-25(37-27)18-36-21-6-2-1-3-7-21/h1-13,16H,14-15,18H2,(H,30,32,33)/b20-16-. The molecule has 1 N–H and O–H groups in total. The van der Waals surface area contributed by atoms with Gasteiger partial charge in [-0.15, -0.1) is 10.2 Å². The number of ether oxygens (including phenoxy) is 3. The summed E-state index contributed by atoms with van der Waals surface area (Å²) < 4.78 is 16.9. The molecule has 0 aliphatic rings. The normalized spacial score (nSPS) is 10.9. The first-order valence-electron chi connectivity index (χ1n) is 11.1. The third-order valence-electron chi connectivity index (χ3n) is 4.80. The molecule has 4 rings (SSSR count). The minimum atomic E-state index is -0.578. The first kappa shape index (κ1) is 25.7. The summed E-state index contributed by atoms with van der Waals surface area (Å²) in [7, 11) is 0. The van der Waals surface area contributed by atoms with Gasteiger partial charge in [-0.25, -0.2) is 0 Å². The highest BCUT2D eigenvalue weighted by Crippen LogP contribution is 2.23. The van der Waals surface area contributed by atoms with Crippen LogP contribution in [0.3, 0.4) is 0 Å². The number of halogens is 1. The number of nitrogens with zero attached hydrogens (tertiary/aromatic N) is 3. The van der Waals surface area contributed by atoms with Crippen molar-refractivity contribution < 1.29 is 19.0 Å². The molecule has 0 unspecified atom stereocenters. The van der Waals surface area contributed by atoms with Crippen LogP contribution >= 0.6 is 22.9 Å². The molecular formula is C27H21ClN4O4S. The largest absolute Gasteiger partial charge is 0.490 e. The number of hydrogen-bond acceptors (Lipinski definition) is 8. The highest BCUT2D eigenvalue weighted by Gasteiger charge is 2.13. The van der Waals surface area contributed by atoms with E-state index in [0.29, 0.717) is 46.1 Å². The topological polar surface area (TPSA) is 106 Å². The average molecular weight is 533 g/mol. The Morgan fingerprint density at radius 2 is 1.62 bits per heavy atom. The van der Waals surface area contributed by atoms with Gasteiger partial charge in [0.2, 0.25) is 5.13 Å². The van der Waals surface area contributed by atoms with Crippen LogP contribution in [-0.2, 0) is 11.4 Å². The van der Waals surface area contributed by atoms with E-state index in [4.69, 9.17) is 25.8 Å². The van der Waals surface area contributed by atoms with Crippen molar-refractivity contribution in [2.75, 3.05) is 18.5 Å². The van der Waals surface area contributed by atoms with Gasteiger partial charge in [0.15, 0.2) is 5.01 Å². The van der Waals surface area contributed by atoms with E-state index in [0.717, 1.165) is 0 Å². The third-order valence-corrected chi connectivity index (χ3v) is 5.92. The molecule has 0 fully saturated rings. The van der Waals surface area contributed by atoms with E-state index in [1.165, 1.54) is 17.4 Å². The maximum absolute atomic E-state index is 12.6. The van der Waals surface area contributed by atoms with Gasteiger partial charge in [-0.1, -0.05) is 65.4 Å². The van der Waals surface area contributed by atoms with Crippen LogP contribution in [-0.4, -0.2) is 29.3 Å². The number of carbonyl (C=O) groups excluding carboxylic acids is 1. The molecule has 0 radical (unpaired) electrons. The fraction of sp³-hybridized carbons (Fsp3) is 0.111. The van der Waals surface area contributed by atoms with E-state index < -0.39 is 5.91 Å². The van der Waals surface area contributed by atoms with E-state index in [-0.39, 0.29) is 17.3 Å². The lowest BCUT2D eigenvalue weighted by Gasteiger charge is -2.09. The number of para-hydroxylation sites is 2. The quantitative estimate of drug-likeness (QED) is 0.148. The first-order chi connectivity index (χ1) is 18.1. The summed E-state index contributed by atoms with van der Waals surface area (Å²) in [6.45, 7) is 0.876. The van der Waals surface area contributed by atoms with E-state index in [2.05, 4.69) is 15.5 Å². The lowest BCUT2D eigenvalue weighted by atomic mass is 10.1. The molecule has 0 saturated carbocycles. The van der Waals surface area contributed by atoms with E-state index >= 15 is 0 Å². The molecule has 1 aromatic heterocycles. The summed E-state index contributed by atoms with van der Waals surface area (Å²) in [5.41, 5.74) is 0.597. The van der Waals surface area contributed by atoms with Crippen molar-refractivity contribution in [3.05, 3.63) is 100 Å². The summed E-state index contributed by atoms with van der Waals surface area (Å²) >= 11 is 7.24. The molecule has 10 heteroatoms. The fourth-order valence-corrected chi connectivity index (χ4v) is 3.88. The first-order valence-corrected chi connectivity index (χ1v) is 12.3. The molecule has 0 saturated heterocycles. The Morgan fingerprint density at radius 3 is 2.38 bits per heavy atom. The van der Waals surface area contributed by atoms with Crippen molar-refractivity contribution in [3.63, 3.8) is 0 Å². The second-order valence-corrected chi connectivity index (χ2v) is 8.89. The van der Waals surface area contributed by atoms with Crippen LogP contribution in [0.2, 0.25) is 5.02 Å². The van der Waals surface area contributed by atoms with E-state index in [1.54, 1.807) is 36.4 Å². The van der Waals surface area contributed by atoms with Crippen LogP contribution in [0.15, 0.2) is 84.4 Å². The molecule has 0 aliphatic carbocycles. The highest BCUT2D eigenvalue weighted by molar-refractivity contribution is 7.15. The van der Waals surface area contributed by atoms with Gasteiger partial charge in [0.1, 0.15) is 48.7 Å². The van der Waals surface area contributed by atoms with Crippen LogP contribution in [0.5, 0.6) is 17.2 Å². The minimum absolute atomic E-state index is 0.0703. The number of carbonyl (C=O) groups is 1. The van der Waals surface area contributed by atoms with Gasteiger partial charge in [0.25, 0.3) is 5.91 Å². The second kappa shape index (κ2) is 13.1. The molecule has 3 aromatic carbocycles. The molecule has 1 heterocycles. The predicted octanol–water partition coefficient (Wildman–Crippen LogP) is 5.77. The van der Waals surface area contributed by atoms with Crippen molar-refractivity contribution in [3.8, 4) is 23.3 Å². The monoisotopic (exact) mass is 532 g/mol. The zero-order valence-electron chi connectivity index (χ0n) is 19.5. The third kappa shape index (κ3) is 7.80. The number of rotatable bonds is 11. The van der Waals surface area contributed by atoms with Gasteiger partial charge >= 0.3 is 0 Å². The maximum atomic E-state index is 12.6. The van der Waals surface area contributed by atoms with Gasteiger partial charge in [0, 0.05) is 0 Å². The van der Waals surface area contributed by atoms with Crippen LogP contribution < -0.4 is 19.5 Å². The van der Waals surface area contributed by atoms with Crippen molar-refractivity contribution in [2.45, 2.75) is 6.61 Å². The molecule has 8 nitrogen and oxygen atoms in total. The predicted molar refractivity (Wildman–Crippen MR) is 142 cm³/mol. The Hall–Kier alpha value is -4.39. The van der Waals surface area contributed by atoms with Crippen LogP contribution in [0, 0.1) is 11.3 Å². The zero-order chi connectivity index (χ0) is 25.9. The summed E-state index contributed by atoms with van der Waals surface area (Å²) in [5, 5.41) is 21.5. The maximum Gasteiger partial charge on any atom is 0.268 e. The summed E-state index contributed by atoms with van der Waals surface area (Å²) in [4.78, 5) is 12.6. The van der Waals surface area contributed by atoms with Crippen LogP contribution in [0.4, 0.5) is 5.13 Å². The number of nitriles is 1. The van der Waals surface area contributed by atoms with Gasteiger partial charge in [-0.05, 0) is 48.0 Å². The van der Waals surface area contributed by atoms with Gasteiger partial charge in [-0.3, -0.25) is 10.1 Å². The van der Waals surface area contributed by atoms with Crippen LogP contribution in [0.25, 0.3) is 6.08 Å². The lowest BCUT2D eigenvalue weighted by Crippen LogP contribution is -2.13. The van der Waals surface area contributed by atoms with Gasteiger partial charge < -0.3 is 14.2 Å². The fourth-order valence-electron chi connectivity index (χ4n) is 3.04. The number of anilines is 1. The van der Waals surface area contributed by atoms with Crippen LogP contribution in [0.1, 0.15) is 10.6 Å². The molecule has 0 spiro atoms. The van der Waals surface area contributed by atoms with Crippen molar-refractivity contribution in [1.82, 2.24) is 10.2 Å². The Kier molecular flexibility index (Phi) is 9.07. The summed E-state index contributed by atoms with van der Waals surface area (Å²) in [5.74, 6) is 1.36. The van der Waals surface area contributed by atoms with E-state index in [9.17, 15) is 10.1 Å². The molecular weight excluding hydrogens is 512 g/mol. The number of benzene rings is 3. The van der Waals surface area contributed by atoms with Gasteiger partial charge in [-0.2, -0.15) is 5.26 Å². The smallest absolute Gasteiger partial charge is 0.268 e. The van der Waals surface area contributed by atoms with Crippen molar-refractivity contribution in [1.29, 1.82) is 5.26 Å². The molecule has 186 valence electrons.